The topological polar surface area (TPSA) is 125 Å². The van der Waals surface area contributed by atoms with Crippen LogP contribution < -0.4 is 34.6 Å². The van der Waals surface area contributed by atoms with Crippen molar-refractivity contribution in [3.05, 3.63) is 172 Å². The molecule has 14 heteroatoms. The molecule has 0 fully saturated rings. The monoisotopic (exact) mass is 922 g/mol. The van der Waals surface area contributed by atoms with Crippen molar-refractivity contribution in [2.75, 3.05) is 83.4 Å². The number of fused-ring (bicyclic) bond motifs is 2. The van der Waals surface area contributed by atoms with E-state index in [1.807, 2.05) is 127 Å². The van der Waals surface area contributed by atoms with Gasteiger partial charge in [-0.3, -0.25) is 14.6 Å². The number of amides is 2. The molecule has 8 rings (SSSR count). The zero-order valence-electron chi connectivity index (χ0n) is 38.4. The van der Waals surface area contributed by atoms with Gasteiger partial charge in [0.15, 0.2) is 0 Å². The van der Waals surface area contributed by atoms with Gasteiger partial charge in [-0.25, -0.2) is 4.98 Å². The molecule has 2 aliphatic rings. The third kappa shape index (κ3) is 12.0. The number of pyridine rings is 2. The van der Waals surface area contributed by atoms with Crippen LogP contribution >= 0.6 is 11.6 Å². The van der Waals surface area contributed by atoms with Crippen molar-refractivity contribution in [3.63, 3.8) is 0 Å². The predicted molar refractivity (Wildman–Crippen MR) is 264 cm³/mol. The number of aromatic nitrogens is 2. The number of likely N-dealkylation sites (N-methyl/N-ethyl adjacent to an activating group) is 1. The molecule has 2 N–H and O–H groups in total. The summed E-state index contributed by atoms with van der Waals surface area (Å²) in [5.74, 6) is 1.93. The van der Waals surface area contributed by atoms with Crippen molar-refractivity contribution in [1.82, 2.24) is 30.4 Å². The summed E-state index contributed by atoms with van der Waals surface area (Å²) in [5.41, 5.74) is 7.09. The molecule has 0 aliphatic carbocycles. The van der Waals surface area contributed by atoms with Crippen molar-refractivity contribution < 1.29 is 23.8 Å². The van der Waals surface area contributed by atoms with Gasteiger partial charge in [-0.05, 0) is 84.9 Å². The number of anilines is 2. The molecule has 4 aromatic carbocycles. The lowest BCUT2D eigenvalue weighted by Crippen LogP contribution is -2.37. The normalized spacial score (nSPS) is 14.7. The van der Waals surface area contributed by atoms with Gasteiger partial charge < -0.3 is 44.4 Å². The van der Waals surface area contributed by atoms with E-state index in [1.54, 1.807) is 25.7 Å². The summed E-state index contributed by atoms with van der Waals surface area (Å²) in [7, 11) is 5.49. The Kier molecular flexibility index (Phi) is 15.9. The molecule has 0 saturated heterocycles. The maximum Gasteiger partial charge on any atom is 0.257 e. The number of methoxy groups -OCH3 is 1. The maximum absolute atomic E-state index is 14.0. The molecule has 6 aromatic rings. The quantitative estimate of drug-likeness (QED) is 0.0721. The fourth-order valence-electron chi connectivity index (χ4n) is 8.57. The number of carbonyl (C=O) groups excluding carboxylic acids is 2. The fourth-order valence-corrected chi connectivity index (χ4v) is 8.70. The van der Waals surface area contributed by atoms with Gasteiger partial charge in [0.25, 0.3) is 11.8 Å². The lowest BCUT2D eigenvalue weighted by atomic mass is 10.1. The van der Waals surface area contributed by atoms with Crippen LogP contribution in [0.3, 0.4) is 0 Å². The SMILES string of the molecule is CNCCC(Oc1ccc(CN2CCN(CCNCC[C@H](Oc3ccc(CN4CCN(C)c5cc(OC)ncc5C4=O)cc3)c3ccccc3)c3ccncc3C2=O)cc1)c1ccc(Cl)cc1. The van der Waals surface area contributed by atoms with Crippen LogP contribution in [-0.4, -0.2) is 105 Å². The van der Waals surface area contributed by atoms with E-state index in [0.29, 0.717) is 61.3 Å². The summed E-state index contributed by atoms with van der Waals surface area (Å²) >= 11 is 6.15. The minimum atomic E-state index is -0.177. The molecular weight excluding hydrogens is 864 g/mol. The first-order valence-corrected chi connectivity index (χ1v) is 23.3. The Bertz CT molecular complexity index is 2550. The van der Waals surface area contributed by atoms with Gasteiger partial charge in [0.2, 0.25) is 5.88 Å². The lowest BCUT2D eigenvalue weighted by molar-refractivity contribution is 0.0747. The average molecular weight is 924 g/mol. The summed E-state index contributed by atoms with van der Waals surface area (Å²) in [5, 5.41) is 7.56. The van der Waals surface area contributed by atoms with Gasteiger partial charge in [0.1, 0.15) is 23.7 Å². The second kappa shape index (κ2) is 22.7. The second-order valence-electron chi connectivity index (χ2n) is 16.9. The second-order valence-corrected chi connectivity index (χ2v) is 17.3. The maximum atomic E-state index is 14.0. The van der Waals surface area contributed by atoms with Gasteiger partial charge in [0.05, 0.1) is 29.6 Å². The van der Waals surface area contributed by atoms with E-state index < -0.39 is 0 Å². The number of ether oxygens (including phenoxy) is 3. The molecule has 0 bridgehead atoms. The standard InChI is InChI=1S/C53H59ClN8O5/c1-55-24-22-49(41-13-15-42(54)16-14-41)66-43-17-11-39(12-18-43)37-62-32-31-60(47-21-25-57-34-45(47)52(62)63)28-27-56-26-23-50(40-7-5-4-6-8-40)67-44-19-9-38(10-20-44)36-61-30-29-59(2)48-33-51(65-3)58-35-46(48)53(61)64/h4-21,25,33-35,49-50,55-56H,22-24,26-32,36-37H2,1-3H3/t49?,50-/m0/s1. The number of benzene rings is 4. The number of nitrogens with one attached hydrogen (secondary N) is 2. The Morgan fingerprint density at radius 1 is 0.657 bits per heavy atom. The van der Waals surface area contributed by atoms with Crippen LogP contribution in [0.5, 0.6) is 17.4 Å². The van der Waals surface area contributed by atoms with E-state index in [4.69, 9.17) is 25.8 Å². The van der Waals surface area contributed by atoms with Gasteiger partial charge in [-0.1, -0.05) is 78.3 Å². The Hall–Kier alpha value is -6.67. The third-order valence-corrected chi connectivity index (χ3v) is 12.6. The summed E-state index contributed by atoms with van der Waals surface area (Å²) in [6.07, 6.45) is 6.29. The highest BCUT2D eigenvalue weighted by Crippen LogP contribution is 2.31. The molecule has 1 unspecified atom stereocenters. The van der Waals surface area contributed by atoms with Crippen molar-refractivity contribution in [1.29, 1.82) is 0 Å². The van der Waals surface area contributed by atoms with Crippen LogP contribution in [-0.2, 0) is 13.1 Å². The molecule has 13 nitrogen and oxygen atoms in total. The van der Waals surface area contributed by atoms with Crippen LogP contribution in [0.4, 0.5) is 11.4 Å². The highest BCUT2D eigenvalue weighted by molar-refractivity contribution is 6.30. The minimum absolute atomic E-state index is 0.0300. The van der Waals surface area contributed by atoms with Gasteiger partial charge in [-0.15, -0.1) is 0 Å². The van der Waals surface area contributed by atoms with Crippen LogP contribution in [0.25, 0.3) is 0 Å². The smallest absolute Gasteiger partial charge is 0.257 e. The number of rotatable bonds is 20. The molecule has 0 saturated carbocycles. The lowest BCUT2D eigenvalue weighted by Gasteiger charge is -2.25. The first-order chi connectivity index (χ1) is 32.8. The first kappa shape index (κ1) is 46.8. The summed E-state index contributed by atoms with van der Waals surface area (Å²) in [6, 6.07) is 37.9. The number of hydrogen-bond acceptors (Lipinski definition) is 11. The molecule has 2 atom stereocenters. The minimum Gasteiger partial charge on any atom is -0.486 e. The Morgan fingerprint density at radius 2 is 1.24 bits per heavy atom. The molecule has 2 amide bonds. The zero-order valence-corrected chi connectivity index (χ0v) is 39.2. The highest BCUT2D eigenvalue weighted by atomic mass is 35.5. The van der Waals surface area contributed by atoms with Crippen molar-refractivity contribution in [2.24, 2.45) is 0 Å². The summed E-state index contributed by atoms with van der Waals surface area (Å²) in [6.45, 7) is 6.47. The third-order valence-electron chi connectivity index (χ3n) is 12.4. The summed E-state index contributed by atoms with van der Waals surface area (Å²) in [4.78, 5) is 44.3. The van der Waals surface area contributed by atoms with Gasteiger partial charge in [0, 0.05) is 102 Å². The van der Waals surface area contributed by atoms with E-state index in [2.05, 4.69) is 42.5 Å². The molecule has 0 radical (unpaired) electrons. The Balaban J connectivity index is 0.842. The van der Waals surface area contributed by atoms with Crippen LogP contribution in [0.15, 0.2) is 134 Å². The number of nitrogens with zero attached hydrogens (tertiary/aromatic N) is 6. The molecule has 2 aliphatic heterocycles. The van der Waals surface area contributed by atoms with Crippen LogP contribution in [0, 0.1) is 0 Å². The zero-order chi connectivity index (χ0) is 46.5. The molecule has 348 valence electrons. The van der Waals surface area contributed by atoms with Gasteiger partial charge >= 0.3 is 0 Å². The van der Waals surface area contributed by atoms with Crippen molar-refractivity contribution in [2.45, 2.75) is 38.1 Å². The number of halogens is 1. The van der Waals surface area contributed by atoms with E-state index in [-0.39, 0.29) is 24.0 Å². The Morgan fingerprint density at radius 3 is 1.87 bits per heavy atom. The first-order valence-electron chi connectivity index (χ1n) is 23.0. The van der Waals surface area contributed by atoms with Crippen LogP contribution in [0.2, 0.25) is 5.02 Å². The molecule has 0 spiro atoms. The fraction of sp³-hybridized carbons (Fsp3) is 0.321. The molecule has 2 aromatic heterocycles. The number of carbonyl (C=O) groups is 2. The van der Waals surface area contributed by atoms with Crippen molar-refractivity contribution in [3.8, 4) is 17.4 Å². The van der Waals surface area contributed by atoms with Crippen LogP contribution in [0.1, 0.15) is 68.0 Å². The van der Waals surface area contributed by atoms with E-state index in [0.717, 1.165) is 84.1 Å². The average Bonchev–Trinajstić information content (AvgIpc) is 3.57. The molecule has 4 heterocycles. The Labute approximate surface area is 398 Å². The largest absolute Gasteiger partial charge is 0.486 e. The number of hydrogen-bond donors (Lipinski definition) is 2. The summed E-state index contributed by atoms with van der Waals surface area (Å²) < 4.78 is 18.4. The predicted octanol–water partition coefficient (Wildman–Crippen LogP) is 8.22. The van der Waals surface area contributed by atoms with E-state index >= 15 is 0 Å². The van der Waals surface area contributed by atoms with E-state index in [1.165, 1.54) is 0 Å². The van der Waals surface area contributed by atoms with Gasteiger partial charge in [-0.2, -0.15) is 0 Å². The highest BCUT2D eigenvalue weighted by Gasteiger charge is 2.28. The molecular formula is C53H59ClN8O5. The molecule has 67 heavy (non-hydrogen) atoms. The van der Waals surface area contributed by atoms with Crippen molar-refractivity contribution >= 4 is 34.8 Å². The van der Waals surface area contributed by atoms with E-state index in [9.17, 15) is 9.59 Å².